The van der Waals surface area contributed by atoms with Crippen molar-refractivity contribution in [3.63, 3.8) is 0 Å². The van der Waals surface area contributed by atoms with Crippen LogP contribution in [0.4, 0.5) is 0 Å². The zero-order chi connectivity index (χ0) is 14.5. The molecule has 1 unspecified atom stereocenters. The molecule has 0 aliphatic carbocycles. The molecule has 2 rings (SSSR count). The molecule has 2 atom stereocenters. The number of phenolic OH excluding ortho intramolecular Hbond substituents is 1. The van der Waals surface area contributed by atoms with E-state index in [0.29, 0.717) is 26.1 Å². The lowest BCUT2D eigenvalue weighted by atomic mass is 10.0. The van der Waals surface area contributed by atoms with Crippen molar-refractivity contribution in [1.82, 2.24) is 4.90 Å². The Labute approximate surface area is 117 Å². The Balaban J connectivity index is 1.92. The van der Waals surface area contributed by atoms with E-state index in [2.05, 4.69) is 0 Å². The third-order valence-electron chi connectivity index (χ3n) is 3.36. The molecule has 1 saturated heterocycles. The van der Waals surface area contributed by atoms with Crippen LogP contribution in [-0.4, -0.2) is 59.5 Å². The Morgan fingerprint density at radius 1 is 1.45 bits per heavy atom. The Hall–Kier alpha value is -1.63. The molecule has 4 N–H and O–H groups in total. The molecule has 20 heavy (non-hydrogen) atoms. The average molecular weight is 280 g/mol. The molecular formula is C14H20N2O4. The van der Waals surface area contributed by atoms with E-state index >= 15 is 0 Å². The van der Waals surface area contributed by atoms with Crippen LogP contribution in [0.25, 0.3) is 0 Å². The van der Waals surface area contributed by atoms with Crippen molar-refractivity contribution in [3.8, 4) is 5.75 Å². The molecule has 1 amide bonds. The van der Waals surface area contributed by atoms with Gasteiger partial charge in [-0.25, -0.2) is 0 Å². The summed E-state index contributed by atoms with van der Waals surface area (Å²) in [5, 5.41) is 18.3. The first-order valence-electron chi connectivity index (χ1n) is 6.65. The van der Waals surface area contributed by atoms with Crippen molar-refractivity contribution in [2.24, 2.45) is 5.73 Å². The van der Waals surface area contributed by atoms with Gasteiger partial charge in [-0.05, 0) is 24.1 Å². The van der Waals surface area contributed by atoms with Crippen LogP contribution in [0, 0.1) is 0 Å². The number of morpholine rings is 1. The van der Waals surface area contributed by atoms with Crippen molar-refractivity contribution in [3.05, 3.63) is 29.8 Å². The molecule has 0 aromatic heterocycles. The van der Waals surface area contributed by atoms with Gasteiger partial charge in [0.1, 0.15) is 5.75 Å². The molecule has 0 saturated carbocycles. The molecule has 1 fully saturated rings. The molecular weight excluding hydrogens is 260 g/mol. The van der Waals surface area contributed by atoms with E-state index in [0.717, 1.165) is 5.56 Å². The smallest absolute Gasteiger partial charge is 0.239 e. The van der Waals surface area contributed by atoms with Gasteiger partial charge in [0.2, 0.25) is 5.91 Å². The maximum absolute atomic E-state index is 12.2. The Bertz CT molecular complexity index is 449. The van der Waals surface area contributed by atoms with Gasteiger partial charge in [0.05, 0.1) is 25.4 Å². The summed E-state index contributed by atoms with van der Waals surface area (Å²) in [5.41, 5.74) is 6.85. The first kappa shape index (κ1) is 14.8. The van der Waals surface area contributed by atoms with E-state index < -0.39 is 6.04 Å². The summed E-state index contributed by atoms with van der Waals surface area (Å²) < 4.78 is 5.31. The second-order valence-electron chi connectivity index (χ2n) is 4.94. The van der Waals surface area contributed by atoms with Crippen LogP contribution in [-0.2, 0) is 16.0 Å². The fraction of sp³-hybridized carbons (Fsp3) is 0.500. The highest BCUT2D eigenvalue weighted by atomic mass is 16.5. The number of carbonyl (C=O) groups excluding carboxylic acids is 1. The molecule has 0 bridgehead atoms. The van der Waals surface area contributed by atoms with Crippen LogP contribution < -0.4 is 5.73 Å². The minimum Gasteiger partial charge on any atom is -0.508 e. The highest BCUT2D eigenvalue weighted by Gasteiger charge is 2.27. The fourth-order valence-electron chi connectivity index (χ4n) is 2.24. The zero-order valence-corrected chi connectivity index (χ0v) is 11.2. The van der Waals surface area contributed by atoms with Gasteiger partial charge in [0, 0.05) is 13.1 Å². The van der Waals surface area contributed by atoms with Gasteiger partial charge >= 0.3 is 0 Å². The lowest BCUT2D eigenvalue weighted by Gasteiger charge is -2.33. The van der Waals surface area contributed by atoms with Crippen LogP contribution >= 0.6 is 0 Å². The standard InChI is InChI=1S/C14H20N2O4/c15-13(7-10-1-3-11(18)4-2-10)14(19)16-5-6-20-12(8-16)9-17/h1-4,12-13,17-18H,5-9,15H2/t12?,13-/m1/s1. The topological polar surface area (TPSA) is 96.0 Å². The van der Waals surface area contributed by atoms with Crippen LogP contribution in [0.5, 0.6) is 5.75 Å². The van der Waals surface area contributed by atoms with E-state index in [-0.39, 0.29) is 24.4 Å². The predicted octanol–water partition coefficient (Wildman–Crippen LogP) is -0.518. The van der Waals surface area contributed by atoms with Crippen molar-refractivity contribution >= 4 is 5.91 Å². The zero-order valence-electron chi connectivity index (χ0n) is 11.2. The Morgan fingerprint density at radius 2 is 2.15 bits per heavy atom. The van der Waals surface area contributed by atoms with E-state index in [1.165, 1.54) is 0 Å². The quantitative estimate of drug-likeness (QED) is 0.690. The van der Waals surface area contributed by atoms with Crippen molar-refractivity contribution < 1.29 is 19.7 Å². The maximum atomic E-state index is 12.2. The van der Waals surface area contributed by atoms with Crippen molar-refractivity contribution in [2.75, 3.05) is 26.3 Å². The Morgan fingerprint density at radius 3 is 2.80 bits per heavy atom. The first-order chi connectivity index (χ1) is 9.60. The van der Waals surface area contributed by atoms with Crippen LogP contribution in [0.3, 0.4) is 0 Å². The number of ether oxygens (including phenoxy) is 1. The van der Waals surface area contributed by atoms with E-state index in [9.17, 15) is 9.90 Å². The number of aliphatic hydroxyl groups is 1. The summed E-state index contributed by atoms with van der Waals surface area (Å²) in [5.74, 6) is 0.0486. The van der Waals surface area contributed by atoms with E-state index in [1.807, 2.05) is 0 Å². The first-order valence-corrected chi connectivity index (χ1v) is 6.65. The molecule has 6 nitrogen and oxygen atoms in total. The van der Waals surface area contributed by atoms with Gasteiger partial charge in [0.25, 0.3) is 0 Å². The molecule has 110 valence electrons. The van der Waals surface area contributed by atoms with Crippen LogP contribution in [0.15, 0.2) is 24.3 Å². The monoisotopic (exact) mass is 280 g/mol. The third kappa shape index (κ3) is 3.69. The Kier molecular flexibility index (Phi) is 4.94. The van der Waals surface area contributed by atoms with Crippen molar-refractivity contribution in [2.45, 2.75) is 18.6 Å². The van der Waals surface area contributed by atoms with Gasteiger partial charge in [-0.1, -0.05) is 12.1 Å². The lowest BCUT2D eigenvalue weighted by molar-refractivity contribution is -0.141. The number of aromatic hydroxyl groups is 1. The average Bonchev–Trinajstić information content (AvgIpc) is 2.48. The third-order valence-corrected chi connectivity index (χ3v) is 3.36. The summed E-state index contributed by atoms with van der Waals surface area (Å²) in [7, 11) is 0. The number of nitrogens with zero attached hydrogens (tertiary/aromatic N) is 1. The second-order valence-corrected chi connectivity index (χ2v) is 4.94. The summed E-state index contributed by atoms with van der Waals surface area (Å²) in [6.07, 6.45) is 0.0915. The van der Waals surface area contributed by atoms with Gasteiger partial charge in [-0.3, -0.25) is 4.79 Å². The summed E-state index contributed by atoms with van der Waals surface area (Å²) in [6.45, 7) is 1.19. The number of aliphatic hydroxyl groups excluding tert-OH is 1. The maximum Gasteiger partial charge on any atom is 0.239 e. The number of phenols is 1. The molecule has 6 heteroatoms. The largest absolute Gasteiger partial charge is 0.508 e. The van der Waals surface area contributed by atoms with Crippen LogP contribution in [0.1, 0.15) is 5.56 Å². The molecule has 1 heterocycles. The summed E-state index contributed by atoms with van der Waals surface area (Å²) in [6, 6.07) is 6.01. The molecule has 1 aliphatic rings. The molecule has 0 spiro atoms. The molecule has 0 radical (unpaired) electrons. The van der Waals surface area contributed by atoms with E-state index in [1.54, 1.807) is 29.2 Å². The number of nitrogens with two attached hydrogens (primary N) is 1. The minimum absolute atomic E-state index is 0.100. The number of hydrogen-bond donors (Lipinski definition) is 3. The highest BCUT2D eigenvalue weighted by molar-refractivity contribution is 5.82. The van der Waals surface area contributed by atoms with Gasteiger partial charge in [0.15, 0.2) is 0 Å². The van der Waals surface area contributed by atoms with Crippen LogP contribution in [0.2, 0.25) is 0 Å². The number of hydrogen-bond acceptors (Lipinski definition) is 5. The lowest BCUT2D eigenvalue weighted by Crippen LogP contribution is -2.52. The number of amides is 1. The summed E-state index contributed by atoms with van der Waals surface area (Å²) in [4.78, 5) is 13.9. The fourth-order valence-corrected chi connectivity index (χ4v) is 2.24. The van der Waals surface area contributed by atoms with Gasteiger partial charge < -0.3 is 25.6 Å². The molecule has 1 aromatic carbocycles. The number of rotatable bonds is 4. The predicted molar refractivity (Wildman–Crippen MR) is 73.2 cm³/mol. The van der Waals surface area contributed by atoms with Crippen molar-refractivity contribution in [1.29, 1.82) is 0 Å². The molecule has 1 aromatic rings. The SMILES string of the molecule is N[C@H](Cc1ccc(O)cc1)C(=O)N1CCOC(CO)C1. The van der Waals surface area contributed by atoms with Gasteiger partial charge in [-0.2, -0.15) is 0 Å². The summed E-state index contributed by atoms with van der Waals surface area (Å²) >= 11 is 0. The second kappa shape index (κ2) is 6.69. The van der Waals surface area contributed by atoms with Gasteiger partial charge in [-0.15, -0.1) is 0 Å². The highest BCUT2D eigenvalue weighted by Crippen LogP contribution is 2.12. The molecule has 1 aliphatic heterocycles. The minimum atomic E-state index is -0.628. The van der Waals surface area contributed by atoms with E-state index in [4.69, 9.17) is 15.6 Å². The normalized spacial score (nSPS) is 20.7. The number of benzene rings is 1. The number of carbonyl (C=O) groups is 1.